The van der Waals surface area contributed by atoms with Crippen molar-refractivity contribution in [2.24, 2.45) is 0 Å². The van der Waals surface area contributed by atoms with Gasteiger partial charge in [0, 0.05) is 0 Å². The van der Waals surface area contributed by atoms with Crippen molar-refractivity contribution in [3.05, 3.63) is 53.9 Å². The van der Waals surface area contributed by atoms with Gasteiger partial charge in [-0.1, -0.05) is 0 Å². The molecule has 4 heteroatoms. The highest BCUT2D eigenvalue weighted by Gasteiger charge is 2.03. The number of nitrogens with zero attached hydrogens (tertiary/aromatic N) is 2. The van der Waals surface area contributed by atoms with Gasteiger partial charge in [-0.15, -0.1) is 0 Å². The number of hydrogen-bond donors (Lipinski definition) is 1. The van der Waals surface area contributed by atoms with Crippen LogP contribution in [0.2, 0.25) is 0 Å². The van der Waals surface area contributed by atoms with Crippen molar-refractivity contribution in [3.63, 3.8) is 0 Å². The molecule has 0 saturated carbocycles. The average Bonchev–Trinajstić information content (AvgIpc) is 2.40. The van der Waals surface area contributed by atoms with Crippen LogP contribution in [0.3, 0.4) is 0 Å². The van der Waals surface area contributed by atoms with Gasteiger partial charge in [0.05, 0.1) is 29.6 Å². The number of rotatable bonds is 3. The van der Waals surface area contributed by atoms with Gasteiger partial charge in [-0.2, -0.15) is 5.26 Å². The molecule has 0 aliphatic heterocycles. The van der Waals surface area contributed by atoms with E-state index in [-0.39, 0.29) is 0 Å². The molecule has 0 spiro atoms. The van der Waals surface area contributed by atoms with Crippen LogP contribution in [0.5, 0.6) is 11.5 Å². The molecule has 0 aliphatic carbocycles. The molecule has 1 aromatic heterocycles. The van der Waals surface area contributed by atoms with E-state index in [4.69, 9.17) is 10.00 Å². The van der Waals surface area contributed by atoms with Crippen molar-refractivity contribution in [1.82, 2.24) is 4.98 Å². The highest BCUT2D eigenvalue weighted by Crippen LogP contribution is 2.21. The number of aliphatic hydroxyl groups excluding tert-OH is 1. The Morgan fingerprint density at radius 2 is 1.83 bits per heavy atom. The Hall–Kier alpha value is -2.38. The summed E-state index contributed by atoms with van der Waals surface area (Å²) in [6, 6.07) is 12.3. The zero-order valence-electron chi connectivity index (χ0n) is 9.87. The molecule has 18 heavy (non-hydrogen) atoms. The molecule has 0 amide bonds. The Morgan fingerprint density at radius 1 is 1.17 bits per heavy atom. The summed E-state index contributed by atoms with van der Waals surface area (Å²) < 4.78 is 5.56. The number of nitriles is 1. The SMILES string of the molecule is C[C@H](O)c1ccc(Oc2ccc(C#N)cc2)cn1. The highest BCUT2D eigenvalue weighted by atomic mass is 16.5. The molecular weight excluding hydrogens is 228 g/mol. The average molecular weight is 240 g/mol. The fraction of sp³-hybridized carbons (Fsp3) is 0.143. The summed E-state index contributed by atoms with van der Waals surface area (Å²) >= 11 is 0. The van der Waals surface area contributed by atoms with E-state index in [0.29, 0.717) is 22.8 Å². The molecule has 0 fully saturated rings. The van der Waals surface area contributed by atoms with Crippen molar-refractivity contribution in [3.8, 4) is 17.6 Å². The third-order valence-electron chi connectivity index (χ3n) is 2.41. The molecule has 1 heterocycles. The Morgan fingerprint density at radius 3 is 2.33 bits per heavy atom. The predicted octanol–water partition coefficient (Wildman–Crippen LogP) is 2.80. The van der Waals surface area contributed by atoms with Crippen LogP contribution >= 0.6 is 0 Å². The molecule has 2 aromatic rings. The van der Waals surface area contributed by atoms with E-state index in [0.717, 1.165) is 0 Å². The molecule has 0 unspecified atom stereocenters. The summed E-state index contributed by atoms with van der Waals surface area (Å²) in [5, 5.41) is 18.0. The summed E-state index contributed by atoms with van der Waals surface area (Å²) in [5.74, 6) is 1.23. The van der Waals surface area contributed by atoms with Crippen LogP contribution in [0.1, 0.15) is 24.3 Å². The van der Waals surface area contributed by atoms with E-state index < -0.39 is 6.10 Å². The van der Waals surface area contributed by atoms with Crippen LogP contribution in [0.15, 0.2) is 42.6 Å². The van der Waals surface area contributed by atoms with Gasteiger partial charge in [0.25, 0.3) is 0 Å². The predicted molar refractivity (Wildman–Crippen MR) is 66.1 cm³/mol. The number of aromatic nitrogens is 1. The normalized spacial score (nSPS) is 11.6. The maximum absolute atomic E-state index is 9.33. The molecule has 0 saturated heterocycles. The van der Waals surface area contributed by atoms with Gasteiger partial charge in [0.15, 0.2) is 0 Å². The molecule has 2 rings (SSSR count). The molecule has 1 N–H and O–H groups in total. The molecule has 90 valence electrons. The van der Waals surface area contributed by atoms with Gasteiger partial charge in [-0.3, -0.25) is 4.98 Å². The molecule has 1 atom stereocenters. The highest BCUT2D eigenvalue weighted by molar-refractivity contribution is 5.36. The van der Waals surface area contributed by atoms with Gasteiger partial charge >= 0.3 is 0 Å². The van der Waals surface area contributed by atoms with Gasteiger partial charge in [-0.25, -0.2) is 0 Å². The van der Waals surface area contributed by atoms with Crippen LogP contribution in [0, 0.1) is 11.3 Å². The molecule has 0 bridgehead atoms. The minimum Gasteiger partial charge on any atom is -0.456 e. The van der Waals surface area contributed by atoms with Gasteiger partial charge < -0.3 is 9.84 Å². The van der Waals surface area contributed by atoms with Crippen molar-refractivity contribution < 1.29 is 9.84 Å². The Kier molecular flexibility index (Phi) is 3.56. The maximum atomic E-state index is 9.33. The first-order chi connectivity index (χ1) is 8.69. The van der Waals surface area contributed by atoms with Crippen molar-refractivity contribution in [2.45, 2.75) is 13.0 Å². The van der Waals surface area contributed by atoms with E-state index in [1.54, 1.807) is 49.5 Å². The van der Waals surface area contributed by atoms with Gasteiger partial charge in [0.2, 0.25) is 0 Å². The van der Waals surface area contributed by atoms with Gasteiger partial charge in [0.1, 0.15) is 11.5 Å². The van der Waals surface area contributed by atoms with E-state index >= 15 is 0 Å². The van der Waals surface area contributed by atoms with E-state index in [9.17, 15) is 5.11 Å². The van der Waals surface area contributed by atoms with Crippen LogP contribution in [0.4, 0.5) is 0 Å². The molecular formula is C14H12N2O2. The van der Waals surface area contributed by atoms with E-state index in [1.807, 2.05) is 6.07 Å². The maximum Gasteiger partial charge on any atom is 0.145 e. The summed E-state index contributed by atoms with van der Waals surface area (Å²) in [7, 11) is 0. The van der Waals surface area contributed by atoms with Crippen molar-refractivity contribution >= 4 is 0 Å². The molecule has 0 radical (unpaired) electrons. The lowest BCUT2D eigenvalue weighted by Gasteiger charge is -2.07. The summed E-state index contributed by atoms with van der Waals surface area (Å²) in [6.45, 7) is 1.66. The molecule has 4 nitrogen and oxygen atoms in total. The Bertz CT molecular complexity index is 554. The van der Waals surface area contributed by atoms with Crippen molar-refractivity contribution in [1.29, 1.82) is 5.26 Å². The fourth-order valence-electron chi connectivity index (χ4n) is 1.43. The van der Waals surface area contributed by atoms with Crippen LogP contribution in [-0.2, 0) is 0 Å². The molecule has 1 aromatic carbocycles. The summed E-state index contributed by atoms with van der Waals surface area (Å²) in [4.78, 5) is 4.08. The van der Waals surface area contributed by atoms with Crippen LogP contribution in [0.25, 0.3) is 0 Å². The quantitative estimate of drug-likeness (QED) is 0.895. The zero-order valence-corrected chi connectivity index (χ0v) is 9.87. The van der Waals surface area contributed by atoms with Crippen LogP contribution < -0.4 is 4.74 Å². The van der Waals surface area contributed by atoms with Crippen molar-refractivity contribution in [2.75, 3.05) is 0 Å². The lowest BCUT2D eigenvalue weighted by molar-refractivity contribution is 0.194. The minimum atomic E-state index is -0.589. The fourth-order valence-corrected chi connectivity index (χ4v) is 1.43. The lowest BCUT2D eigenvalue weighted by atomic mass is 10.2. The number of aliphatic hydroxyl groups is 1. The monoisotopic (exact) mass is 240 g/mol. The third-order valence-corrected chi connectivity index (χ3v) is 2.41. The minimum absolute atomic E-state index is 0.587. The standard InChI is InChI=1S/C14H12N2O2/c1-10(17)14-7-6-13(9-16-14)18-12-4-2-11(8-15)3-5-12/h2-7,9-10,17H,1H3/t10-/m0/s1. The number of hydrogen-bond acceptors (Lipinski definition) is 4. The smallest absolute Gasteiger partial charge is 0.145 e. The summed E-state index contributed by atoms with van der Waals surface area (Å²) in [5.41, 5.74) is 1.19. The van der Waals surface area contributed by atoms with Crippen LogP contribution in [-0.4, -0.2) is 10.1 Å². The Labute approximate surface area is 105 Å². The first-order valence-electron chi connectivity index (χ1n) is 5.51. The molecule has 0 aliphatic rings. The number of ether oxygens (including phenoxy) is 1. The summed E-state index contributed by atoms with van der Waals surface area (Å²) in [6.07, 6.45) is 0.967. The van der Waals surface area contributed by atoms with E-state index in [1.165, 1.54) is 0 Å². The number of benzene rings is 1. The van der Waals surface area contributed by atoms with E-state index in [2.05, 4.69) is 4.98 Å². The lowest BCUT2D eigenvalue weighted by Crippen LogP contribution is -1.95. The first kappa shape index (κ1) is 12.1. The van der Waals surface area contributed by atoms with Gasteiger partial charge in [-0.05, 0) is 43.3 Å². The first-order valence-corrected chi connectivity index (χ1v) is 5.51. The second kappa shape index (κ2) is 5.30. The largest absolute Gasteiger partial charge is 0.456 e. The second-order valence-corrected chi connectivity index (χ2v) is 3.83. The zero-order chi connectivity index (χ0) is 13.0. The second-order valence-electron chi connectivity index (χ2n) is 3.83. The third kappa shape index (κ3) is 2.84. The number of pyridine rings is 1. The topological polar surface area (TPSA) is 66.1 Å². The Balaban J connectivity index is 2.11.